The topological polar surface area (TPSA) is 30.5 Å². The number of nitrogens with one attached hydrogen (secondary N) is 1. The van der Waals surface area contributed by atoms with Crippen molar-refractivity contribution in [2.24, 2.45) is 11.8 Å². The maximum atomic E-state index is 6.03. The van der Waals surface area contributed by atoms with Gasteiger partial charge in [0.1, 0.15) is 5.75 Å². The van der Waals surface area contributed by atoms with Crippen molar-refractivity contribution in [2.45, 2.75) is 45.9 Å². The lowest BCUT2D eigenvalue weighted by Crippen LogP contribution is -2.33. The maximum Gasteiger partial charge on any atom is 0.124 e. The number of halogens is 1. The van der Waals surface area contributed by atoms with Gasteiger partial charge in [0.15, 0.2) is 0 Å². The fourth-order valence-electron chi connectivity index (χ4n) is 3.47. The Bertz CT molecular complexity index is 480. The van der Waals surface area contributed by atoms with Gasteiger partial charge in [0.25, 0.3) is 0 Å². The van der Waals surface area contributed by atoms with Gasteiger partial charge in [-0.1, -0.05) is 22.9 Å². The first kappa shape index (κ1) is 16.8. The molecule has 5 unspecified atom stereocenters. The summed E-state index contributed by atoms with van der Waals surface area (Å²) in [5, 5.41) is 3.49. The molecule has 0 amide bonds. The van der Waals surface area contributed by atoms with Crippen LogP contribution in [0.3, 0.4) is 0 Å². The summed E-state index contributed by atoms with van der Waals surface area (Å²) in [5.74, 6) is 1.89. The number of ether oxygens (including phenoxy) is 2. The Hall–Kier alpha value is -0.580. The minimum Gasteiger partial charge on any atom is -0.494 e. The van der Waals surface area contributed by atoms with Crippen LogP contribution in [-0.2, 0) is 4.74 Å². The van der Waals surface area contributed by atoms with Gasteiger partial charge in [0, 0.05) is 22.0 Å². The number of rotatable bonds is 5. The lowest BCUT2D eigenvalue weighted by Gasteiger charge is -2.30. The molecule has 1 aromatic rings. The van der Waals surface area contributed by atoms with Crippen LogP contribution in [0.25, 0.3) is 0 Å². The molecule has 1 aromatic carbocycles. The largest absolute Gasteiger partial charge is 0.494 e. The molecule has 3 nitrogen and oxygen atoms in total. The quantitative estimate of drug-likeness (QED) is 0.859. The van der Waals surface area contributed by atoms with E-state index < -0.39 is 0 Å². The molecule has 0 aromatic heterocycles. The maximum absolute atomic E-state index is 6.03. The molecule has 0 aliphatic carbocycles. The van der Waals surface area contributed by atoms with E-state index in [0.29, 0.717) is 24.5 Å². The Morgan fingerprint density at radius 1 is 1.29 bits per heavy atom. The van der Waals surface area contributed by atoms with Crippen LogP contribution >= 0.6 is 15.9 Å². The highest BCUT2D eigenvalue weighted by Gasteiger charge is 2.42. The summed E-state index contributed by atoms with van der Waals surface area (Å²) in [6.07, 6.45) is 0.532. The van der Waals surface area contributed by atoms with Gasteiger partial charge in [0.05, 0.1) is 18.8 Å². The molecule has 0 radical (unpaired) electrons. The summed E-state index contributed by atoms with van der Waals surface area (Å²) in [6.45, 7) is 9.31. The lowest BCUT2D eigenvalue weighted by atomic mass is 9.80. The molecule has 1 N–H and O–H groups in total. The highest BCUT2D eigenvalue weighted by Crippen LogP contribution is 2.43. The summed E-state index contributed by atoms with van der Waals surface area (Å²) in [6, 6.07) is 6.46. The average Bonchev–Trinajstić information content (AvgIpc) is 2.69. The fourth-order valence-corrected chi connectivity index (χ4v) is 3.85. The molecule has 1 fully saturated rings. The van der Waals surface area contributed by atoms with Crippen molar-refractivity contribution >= 4 is 15.9 Å². The highest BCUT2D eigenvalue weighted by molar-refractivity contribution is 9.10. The van der Waals surface area contributed by atoms with E-state index in [0.717, 1.165) is 10.2 Å². The number of hydrogen-bond acceptors (Lipinski definition) is 3. The Morgan fingerprint density at radius 2 is 2.00 bits per heavy atom. The molecule has 0 saturated carbocycles. The third kappa shape index (κ3) is 3.43. The third-order valence-electron chi connectivity index (χ3n) is 4.62. The summed E-state index contributed by atoms with van der Waals surface area (Å²) < 4.78 is 12.9. The van der Waals surface area contributed by atoms with E-state index >= 15 is 0 Å². The standard InChI is InChI=1S/C17H26BrNO2/c1-6-20-15-8-7-13(18)9-14(15)17(19-5)16-10(2)11(3)21-12(16)4/h7-12,16-17,19H,6H2,1-5H3. The van der Waals surface area contributed by atoms with Crippen LogP contribution in [0.2, 0.25) is 0 Å². The van der Waals surface area contributed by atoms with Crippen LogP contribution in [0.1, 0.15) is 39.3 Å². The van der Waals surface area contributed by atoms with E-state index in [4.69, 9.17) is 9.47 Å². The summed E-state index contributed by atoms with van der Waals surface area (Å²) in [4.78, 5) is 0. The zero-order valence-corrected chi connectivity index (χ0v) is 15.1. The van der Waals surface area contributed by atoms with Crippen molar-refractivity contribution in [1.29, 1.82) is 0 Å². The molecular formula is C17H26BrNO2. The predicted molar refractivity (Wildman–Crippen MR) is 89.8 cm³/mol. The monoisotopic (exact) mass is 355 g/mol. The van der Waals surface area contributed by atoms with Crippen molar-refractivity contribution in [3.05, 3.63) is 28.2 Å². The van der Waals surface area contributed by atoms with Crippen LogP contribution in [0.15, 0.2) is 22.7 Å². The second-order valence-electron chi connectivity index (χ2n) is 5.86. The van der Waals surface area contributed by atoms with Crippen molar-refractivity contribution in [3.8, 4) is 5.75 Å². The number of benzene rings is 1. The molecule has 1 saturated heterocycles. The van der Waals surface area contributed by atoms with E-state index in [2.05, 4.69) is 48.1 Å². The Kier molecular flexibility index (Phi) is 5.69. The zero-order chi connectivity index (χ0) is 15.6. The first-order valence-electron chi connectivity index (χ1n) is 7.74. The molecule has 21 heavy (non-hydrogen) atoms. The second kappa shape index (κ2) is 7.12. The van der Waals surface area contributed by atoms with Crippen LogP contribution in [-0.4, -0.2) is 25.9 Å². The fraction of sp³-hybridized carbons (Fsp3) is 0.647. The molecule has 1 heterocycles. The average molecular weight is 356 g/mol. The molecule has 0 bridgehead atoms. The summed E-state index contributed by atoms with van der Waals surface area (Å²) in [5.41, 5.74) is 1.20. The van der Waals surface area contributed by atoms with Gasteiger partial charge >= 0.3 is 0 Å². The lowest BCUT2D eigenvalue weighted by molar-refractivity contribution is 0.0477. The first-order chi connectivity index (χ1) is 9.99. The van der Waals surface area contributed by atoms with Gasteiger partial charge in [-0.15, -0.1) is 0 Å². The van der Waals surface area contributed by atoms with Crippen molar-refractivity contribution < 1.29 is 9.47 Å². The van der Waals surface area contributed by atoms with Crippen molar-refractivity contribution in [2.75, 3.05) is 13.7 Å². The molecule has 4 heteroatoms. The number of hydrogen-bond donors (Lipinski definition) is 1. The van der Waals surface area contributed by atoms with Crippen LogP contribution in [0.4, 0.5) is 0 Å². The van der Waals surface area contributed by atoms with Crippen LogP contribution in [0, 0.1) is 11.8 Å². The molecular weight excluding hydrogens is 330 g/mol. The first-order valence-corrected chi connectivity index (χ1v) is 8.53. The zero-order valence-electron chi connectivity index (χ0n) is 13.5. The molecule has 5 atom stereocenters. The van der Waals surface area contributed by atoms with E-state index in [1.54, 1.807) is 0 Å². The van der Waals surface area contributed by atoms with Gasteiger partial charge in [-0.3, -0.25) is 0 Å². The molecule has 0 spiro atoms. The normalized spacial score (nSPS) is 30.4. The van der Waals surface area contributed by atoms with Crippen LogP contribution in [0.5, 0.6) is 5.75 Å². The van der Waals surface area contributed by atoms with Gasteiger partial charge < -0.3 is 14.8 Å². The predicted octanol–water partition coefficient (Wildman–Crippen LogP) is 4.17. The van der Waals surface area contributed by atoms with E-state index in [-0.39, 0.29) is 12.1 Å². The second-order valence-corrected chi connectivity index (χ2v) is 6.78. The van der Waals surface area contributed by atoms with Crippen molar-refractivity contribution in [1.82, 2.24) is 5.32 Å². The van der Waals surface area contributed by atoms with Gasteiger partial charge in [-0.25, -0.2) is 0 Å². The van der Waals surface area contributed by atoms with Gasteiger partial charge in [0.2, 0.25) is 0 Å². The van der Waals surface area contributed by atoms with Crippen LogP contribution < -0.4 is 10.1 Å². The minimum atomic E-state index is 0.221. The smallest absolute Gasteiger partial charge is 0.124 e. The highest BCUT2D eigenvalue weighted by atomic mass is 79.9. The Labute approximate surface area is 136 Å². The van der Waals surface area contributed by atoms with E-state index in [1.807, 2.05) is 26.1 Å². The van der Waals surface area contributed by atoms with Gasteiger partial charge in [-0.2, -0.15) is 0 Å². The molecule has 118 valence electrons. The summed E-state index contributed by atoms with van der Waals surface area (Å²) >= 11 is 3.58. The Balaban J connectivity index is 2.39. The molecule has 2 rings (SSSR count). The van der Waals surface area contributed by atoms with Gasteiger partial charge in [-0.05, 0) is 51.9 Å². The SMILES string of the molecule is CCOc1ccc(Br)cc1C(NC)C1C(C)OC(C)C1C. The van der Waals surface area contributed by atoms with E-state index in [9.17, 15) is 0 Å². The Morgan fingerprint density at radius 3 is 2.52 bits per heavy atom. The van der Waals surface area contributed by atoms with E-state index in [1.165, 1.54) is 5.56 Å². The molecule has 1 aliphatic rings. The third-order valence-corrected chi connectivity index (χ3v) is 5.11. The van der Waals surface area contributed by atoms with Crippen molar-refractivity contribution in [3.63, 3.8) is 0 Å². The molecule has 1 aliphatic heterocycles. The minimum absolute atomic E-state index is 0.221. The summed E-state index contributed by atoms with van der Waals surface area (Å²) in [7, 11) is 2.02.